The molecule has 2 heterocycles. The molecule has 3 rings (SSSR count). The van der Waals surface area contributed by atoms with Gasteiger partial charge in [-0.3, -0.25) is 4.79 Å². The molecule has 1 atom stereocenters. The van der Waals surface area contributed by atoms with Crippen LogP contribution >= 0.6 is 11.3 Å². The van der Waals surface area contributed by atoms with E-state index in [2.05, 4.69) is 45.3 Å². The number of carbonyl (C=O) groups excluding carboxylic acids is 1. The molecule has 1 amide bonds. The minimum absolute atomic E-state index is 0.0112. The second kappa shape index (κ2) is 8.26. The fraction of sp³-hybridized carbons (Fsp3) is 0.444. The highest BCUT2D eigenvalue weighted by Crippen LogP contribution is 2.25. The summed E-state index contributed by atoms with van der Waals surface area (Å²) in [6, 6.07) is 8.36. The lowest BCUT2D eigenvalue weighted by Crippen LogP contribution is -2.22. The molecule has 0 unspecified atom stereocenters. The minimum atomic E-state index is 0.0112. The van der Waals surface area contributed by atoms with E-state index in [0.29, 0.717) is 12.6 Å². The quantitative estimate of drug-likeness (QED) is 0.809. The zero-order chi connectivity index (χ0) is 16.8. The number of hydrogen-bond acceptors (Lipinski definition) is 5. The Balaban J connectivity index is 1.53. The molecule has 0 spiro atoms. The van der Waals surface area contributed by atoms with Crippen molar-refractivity contribution < 1.29 is 9.53 Å². The van der Waals surface area contributed by atoms with Gasteiger partial charge in [0.15, 0.2) is 5.13 Å². The Morgan fingerprint density at radius 2 is 2.21 bits per heavy atom. The van der Waals surface area contributed by atoms with Crippen LogP contribution < -0.4 is 10.6 Å². The molecule has 1 aromatic carbocycles. The van der Waals surface area contributed by atoms with E-state index in [1.807, 2.05) is 0 Å². The molecule has 1 aliphatic rings. The van der Waals surface area contributed by atoms with Gasteiger partial charge in [0.1, 0.15) is 0 Å². The Hall–Kier alpha value is -1.92. The van der Waals surface area contributed by atoms with Crippen molar-refractivity contribution in [2.24, 2.45) is 0 Å². The maximum atomic E-state index is 10.9. The summed E-state index contributed by atoms with van der Waals surface area (Å²) in [4.78, 5) is 15.5. The number of anilines is 1. The lowest BCUT2D eigenvalue weighted by molar-refractivity contribution is -0.118. The predicted molar refractivity (Wildman–Crippen MR) is 97.4 cm³/mol. The van der Waals surface area contributed by atoms with Crippen molar-refractivity contribution in [1.82, 2.24) is 10.3 Å². The topological polar surface area (TPSA) is 63.2 Å². The van der Waals surface area contributed by atoms with Gasteiger partial charge in [0, 0.05) is 37.6 Å². The maximum absolute atomic E-state index is 10.9. The molecule has 0 radical (unpaired) electrons. The highest BCUT2D eigenvalue weighted by Gasteiger charge is 2.15. The predicted octanol–water partition coefficient (Wildman–Crippen LogP) is 3.08. The van der Waals surface area contributed by atoms with Gasteiger partial charge in [0.05, 0.1) is 11.8 Å². The number of hydrogen-bond donors (Lipinski definition) is 2. The van der Waals surface area contributed by atoms with Gasteiger partial charge < -0.3 is 15.4 Å². The molecule has 24 heavy (non-hydrogen) atoms. The van der Waals surface area contributed by atoms with E-state index in [4.69, 9.17) is 4.74 Å². The van der Waals surface area contributed by atoms with Crippen LogP contribution in [0, 0.1) is 0 Å². The molecule has 2 N–H and O–H groups in total. The standard InChI is InChI=1S/C18H23N3O2S/c1-13(22)19-9-8-14-4-6-15(7-5-14)17-12-24-18(21-17)20-11-16-3-2-10-23-16/h4-7,12,16H,2-3,8-11H2,1H3,(H,19,22)(H,20,21)/t16-/m1/s1. The van der Waals surface area contributed by atoms with Crippen LogP contribution in [0.2, 0.25) is 0 Å². The Bertz CT molecular complexity index is 663. The molecule has 1 fully saturated rings. The number of ether oxygens (including phenoxy) is 1. The summed E-state index contributed by atoms with van der Waals surface area (Å²) in [7, 11) is 0. The van der Waals surface area contributed by atoms with Crippen LogP contribution in [0.5, 0.6) is 0 Å². The number of rotatable bonds is 7. The van der Waals surface area contributed by atoms with E-state index in [0.717, 1.165) is 48.8 Å². The van der Waals surface area contributed by atoms with Gasteiger partial charge in [0.25, 0.3) is 0 Å². The van der Waals surface area contributed by atoms with Gasteiger partial charge in [-0.1, -0.05) is 24.3 Å². The van der Waals surface area contributed by atoms with Gasteiger partial charge in [-0.15, -0.1) is 11.3 Å². The van der Waals surface area contributed by atoms with E-state index < -0.39 is 0 Å². The summed E-state index contributed by atoms with van der Waals surface area (Å²) >= 11 is 1.62. The maximum Gasteiger partial charge on any atom is 0.216 e. The molecule has 6 heteroatoms. The number of thiazole rings is 1. The molecule has 0 saturated carbocycles. The fourth-order valence-electron chi connectivity index (χ4n) is 2.72. The number of benzene rings is 1. The van der Waals surface area contributed by atoms with E-state index in [1.165, 1.54) is 12.5 Å². The average molecular weight is 345 g/mol. The van der Waals surface area contributed by atoms with Crippen LogP contribution in [0.25, 0.3) is 11.3 Å². The normalized spacial score (nSPS) is 17.0. The summed E-state index contributed by atoms with van der Waals surface area (Å²) in [5, 5.41) is 9.20. The number of aromatic nitrogens is 1. The summed E-state index contributed by atoms with van der Waals surface area (Å²) in [5.41, 5.74) is 3.31. The summed E-state index contributed by atoms with van der Waals surface area (Å²) < 4.78 is 5.61. The smallest absolute Gasteiger partial charge is 0.216 e. The van der Waals surface area contributed by atoms with Crippen LogP contribution in [0.3, 0.4) is 0 Å². The SMILES string of the molecule is CC(=O)NCCc1ccc(-c2csc(NC[C@H]3CCCO3)n2)cc1. The third-order valence-electron chi connectivity index (χ3n) is 4.05. The number of amides is 1. The van der Waals surface area contributed by atoms with Gasteiger partial charge in [-0.25, -0.2) is 4.98 Å². The lowest BCUT2D eigenvalue weighted by Gasteiger charge is -2.09. The molecular weight excluding hydrogens is 322 g/mol. The second-order valence-electron chi connectivity index (χ2n) is 5.98. The highest BCUT2D eigenvalue weighted by atomic mass is 32.1. The molecule has 1 saturated heterocycles. The summed E-state index contributed by atoms with van der Waals surface area (Å²) in [5.74, 6) is 0.0112. The molecule has 5 nitrogen and oxygen atoms in total. The number of nitrogens with one attached hydrogen (secondary N) is 2. The Morgan fingerprint density at radius 3 is 2.92 bits per heavy atom. The van der Waals surface area contributed by atoms with Crippen molar-refractivity contribution >= 4 is 22.4 Å². The summed E-state index contributed by atoms with van der Waals surface area (Å²) in [6.45, 7) is 3.91. The van der Waals surface area contributed by atoms with Crippen LogP contribution in [-0.2, 0) is 16.0 Å². The third-order valence-corrected chi connectivity index (χ3v) is 4.85. The molecular formula is C18H23N3O2S. The molecule has 128 valence electrons. The third kappa shape index (κ3) is 4.79. The van der Waals surface area contributed by atoms with Crippen molar-refractivity contribution in [2.75, 3.05) is 25.0 Å². The Labute approximate surface area is 146 Å². The van der Waals surface area contributed by atoms with Crippen LogP contribution in [0.4, 0.5) is 5.13 Å². The van der Waals surface area contributed by atoms with Crippen molar-refractivity contribution in [3.05, 3.63) is 35.2 Å². The van der Waals surface area contributed by atoms with Crippen molar-refractivity contribution in [1.29, 1.82) is 0 Å². The minimum Gasteiger partial charge on any atom is -0.376 e. The van der Waals surface area contributed by atoms with E-state index >= 15 is 0 Å². The molecule has 0 aliphatic carbocycles. The van der Waals surface area contributed by atoms with Crippen molar-refractivity contribution in [3.63, 3.8) is 0 Å². The van der Waals surface area contributed by atoms with Crippen LogP contribution in [-0.4, -0.2) is 36.7 Å². The van der Waals surface area contributed by atoms with Crippen molar-refractivity contribution in [3.8, 4) is 11.3 Å². The van der Waals surface area contributed by atoms with Gasteiger partial charge in [-0.2, -0.15) is 0 Å². The largest absolute Gasteiger partial charge is 0.376 e. The fourth-order valence-corrected chi connectivity index (χ4v) is 3.45. The lowest BCUT2D eigenvalue weighted by atomic mass is 10.1. The molecule has 1 aromatic heterocycles. The monoisotopic (exact) mass is 345 g/mol. The second-order valence-corrected chi connectivity index (χ2v) is 6.84. The Kier molecular flexibility index (Phi) is 5.82. The van der Waals surface area contributed by atoms with E-state index in [-0.39, 0.29) is 5.91 Å². The first-order chi connectivity index (χ1) is 11.7. The highest BCUT2D eigenvalue weighted by molar-refractivity contribution is 7.14. The van der Waals surface area contributed by atoms with Crippen LogP contribution in [0.1, 0.15) is 25.3 Å². The van der Waals surface area contributed by atoms with Gasteiger partial charge in [-0.05, 0) is 24.8 Å². The average Bonchev–Trinajstić information content (AvgIpc) is 3.25. The van der Waals surface area contributed by atoms with Gasteiger partial charge >= 0.3 is 0 Å². The zero-order valence-corrected chi connectivity index (χ0v) is 14.7. The first-order valence-electron chi connectivity index (χ1n) is 8.35. The number of nitrogens with zero attached hydrogens (tertiary/aromatic N) is 1. The Morgan fingerprint density at radius 1 is 1.38 bits per heavy atom. The first-order valence-corrected chi connectivity index (χ1v) is 9.23. The van der Waals surface area contributed by atoms with E-state index in [9.17, 15) is 4.79 Å². The molecule has 0 bridgehead atoms. The van der Waals surface area contributed by atoms with Gasteiger partial charge in [0.2, 0.25) is 5.91 Å². The van der Waals surface area contributed by atoms with Crippen LogP contribution in [0.15, 0.2) is 29.6 Å². The molecule has 2 aromatic rings. The number of carbonyl (C=O) groups is 1. The molecule has 1 aliphatic heterocycles. The first kappa shape index (κ1) is 16.9. The van der Waals surface area contributed by atoms with E-state index in [1.54, 1.807) is 11.3 Å². The van der Waals surface area contributed by atoms with Crippen molar-refractivity contribution in [2.45, 2.75) is 32.3 Å². The zero-order valence-electron chi connectivity index (χ0n) is 13.9. The summed E-state index contributed by atoms with van der Waals surface area (Å²) in [6.07, 6.45) is 3.44.